The second-order valence-corrected chi connectivity index (χ2v) is 7.44. The highest BCUT2D eigenvalue weighted by atomic mass is 16.2. The summed E-state index contributed by atoms with van der Waals surface area (Å²) in [6.07, 6.45) is 9.27. The molecule has 1 fully saturated rings. The number of likely N-dealkylation sites (tertiary alicyclic amines) is 1. The third-order valence-electron chi connectivity index (χ3n) is 4.86. The standard InChI is InChI=1S/C18H31N3O2/c1-14-10-15(2)12-21(11-14)13-17(22)20-18(23)19-9-8-16-6-4-3-5-7-16/h6,14-15H,3-5,7-13H2,1-2H3,(H2,19,20,22,23)/p+1/t14-,15-/m0/s1. The fraction of sp³-hybridized carbons (Fsp3) is 0.778. The predicted octanol–water partition coefficient (Wildman–Crippen LogP) is 1.26. The molecule has 1 heterocycles. The molecule has 5 heteroatoms. The number of carbonyl (C=O) groups is 2. The van der Waals surface area contributed by atoms with E-state index in [0.29, 0.717) is 24.9 Å². The van der Waals surface area contributed by atoms with Gasteiger partial charge in [-0.25, -0.2) is 4.79 Å². The smallest absolute Gasteiger partial charge is 0.321 e. The van der Waals surface area contributed by atoms with Gasteiger partial charge < -0.3 is 10.2 Å². The van der Waals surface area contributed by atoms with Crippen molar-refractivity contribution in [2.75, 3.05) is 26.2 Å². The van der Waals surface area contributed by atoms with Crippen molar-refractivity contribution in [3.05, 3.63) is 11.6 Å². The first-order chi connectivity index (χ1) is 11.0. The van der Waals surface area contributed by atoms with Gasteiger partial charge in [0.15, 0.2) is 6.54 Å². The maximum Gasteiger partial charge on any atom is 0.321 e. The SMILES string of the molecule is C[C@H]1C[C@H](C)C[NH+](CC(=O)NC(=O)NCCC2=CCCCC2)C1. The number of allylic oxidation sites excluding steroid dienone is 1. The Labute approximate surface area is 139 Å². The van der Waals surface area contributed by atoms with Crippen LogP contribution < -0.4 is 15.5 Å². The molecule has 3 amide bonds. The Kier molecular flexibility index (Phi) is 7.09. The normalized spacial score (nSPS) is 27.9. The molecule has 0 radical (unpaired) electrons. The second kappa shape index (κ2) is 9.06. The number of piperidine rings is 1. The maximum absolute atomic E-state index is 12.0. The minimum Gasteiger partial charge on any atom is -0.337 e. The summed E-state index contributed by atoms with van der Waals surface area (Å²) in [4.78, 5) is 25.1. The molecular weight excluding hydrogens is 290 g/mol. The molecular formula is C18H32N3O2+. The molecule has 0 saturated carbocycles. The Bertz CT molecular complexity index is 438. The molecule has 0 aromatic heterocycles. The van der Waals surface area contributed by atoms with E-state index < -0.39 is 0 Å². The van der Waals surface area contributed by atoms with Crippen molar-refractivity contribution >= 4 is 11.9 Å². The molecule has 2 atom stereocenters. The van der Waals surface area contributed by atoms with Crippen LogP contribution in [0.4, 0.5) is 4.79 Å². The van der Waals surface area contributed by atoms with Crippen LogP contribution >= 0.6 is 0 Å². The zero-order valence-corrected chi connectivity index (χ0v) is 14.6. The monoisotopic (exact) mass is 322 g/mol. The van der Waals surface area contributed by atoms with Crippen molar-refractivity contribution in [1.82, 2.24) is 10.6 Å². The van der Waals surface area contributed by atoms with E-state index in [9.17, 15) is 9.59 Å². The molecule has 0 aromatic rings. The molecule has 1 aliphatic heterocycles. The lowest BCUT2D eigenvalue weighted by Crippen LogP contribution is -3.15. The first-order valence-electron chi connectivity index (χ1n) is 9.12. The fourth-order valence-electron chi connectivity index (χ4n) is 3.98. The Balaban J connectivity index is 1.62. The average Bonchev–Trinajstić information content (AvgIpc) is 2.47. The van der Waals surface area contributed by atoms with Gasteiger partial charge in [-0.15, -0.1) is 0 Å². The first-order valence-corrected chi connectivity index (χ1v) is 9.12. The fourth-order valence-corrected chi connectivity index (χ4v) is 3.98. The van der Waals surface area contributed by atoms with Crippen LogP contribution in [0.1, 0.15) is 52.4 Å². The van der Waals surface area contributed by atoms with Gasteiger partial charge in [-0.2, -0.15) is 0 Å². The van der Waals surface area contributed by atoms with E-state index in [-0.39, 0.29) is 11.9 Å². The maximum atomic E-state index is 12.0. The van der Waals surface area contributed by atoms with Crippen molar-refractivity contribution in [3.8, 4) is 0 Å². The van der Waals surface area contributed by atoms with E-state index in [4.69, 9.17) is 0 Å². The summed E-state index contributed by atoms with van der Waals surface area (Å²) in [5.41, 5.74) is 1.43. The largest absolute Gasteiger partial charge is 0.337 e. The van der Waals surface area contributed by atoms with Crippen LogP contribution in [-0.4, -0.2) is 38.1 Å². The van der Waals surface area contributed by atoms with E-state index in [1.807, 2.05) is 0 Å². The lowest BCUT2D eigenvalue weighted by atomic mass is 9.92. The van der Waals surface area contributed by atoms with Gasteiger partial charge in [0.25, 0.3) is 5.91 Å². The quantitative estimate of drug-likeness (QED) is 0.668. The summed E-state index contributed by atoms with van der Waals surface area (Å²) < 4.78 is 0. The highest BCUT2D eigenvalue weighted by molar-refractivity contribution is 5.94. The molecule has 0 unspecified atom stereocenters. The lowest BCUT2D eigenvalue weighted by Gasteiger charge is -2.31. The molecule has 0 bridgehead atoms. The van der Waals surface area contributed by atoms with Crippen LogP contribution in [0.3, 0.4) is 0 Å². The lowest BCUT2D eigenvalue weighted by molar-refractivity contribution is -0.904. The van der Waals surface area contributed by atoms with Crippen molar-refractivity contribution in [2.24, 2.45) is 11.8 Å². The number of quaternary nitrogens is 1. The van der Waals surface area contributed by atoms with Gasteiger partial charge in [0.1, 0.15) is 0 Å². The summed E-state index contributed by atoms with van der Waals surface area (Å²) in [6, 6.07) is -0.357. The topological polar surface area (TPSA) is 62.6 Å². The number of rotatable bonds is 5. The minimum absolute atomic E-state index is 0.171. The van der Waals surface area contributed by atoms with Gasteiger partial charge in [-0.05, 0) is 38.5 Å². The highest BCUT2D eigenvalue weighted by Crippen LogP contribution is 2.19. The van der Waals surface area contributed by atoms with E-state index in [0.717, 1.165) is 32.4 Å². The molecule has 130 valence electrons. The van der Waals surface area contributed by atoms with E-state index in [2.05, 4.69) is 30.6 Å². The molecule has 3 N–H and O–H groups in total. The third kappa shape index (κ3) is 6.73. The molecule has 0 spiro atoms. The van der Waals surface area contributed by atoms with Crippen LogP contribution in [-0.2, 0) is 4.79 Å². The van der Waals surface area contributed by atoms with Crippen LogP contribution in [0.25, 0.3) is 0 Å². The number of amides is 3. The summed E-state index contributed by atoms with van der Waals surface area (Å²) in [5, 5.41) is 5.26. The zero-order valence-electron chi connectivity index (χ0n) is 14.6. The van der Waals surface area contributed by atoms with E-state index >= 15 is 0 Å². The average molecular weight is 322 g/mol. The predicted molar refractivity (Wildman–Crippen MR) is 91.2 cm³/mol. The van der Waals surface area contributed by atoms with Crippen molar-refractivity contribution in [1.29, 1.82) is 0 Å². The van der Waals surface area contributed by atoms with Crippen molar-refractivity contribution in [3.63, 3.8) is 0 Å². The molecule has 1 aliphatic carbocycles. The van der Waals surface area contributed by atoms with E-state index in [1.165, 1.54) is 29.7 Å². The molecule has 2 rings (SSSR count). The van der Waals surface area contributed by atoms with Crippen LogP contribution in [0, 0.1) is 11.8 Å². The number of nitrogens with one attached hydrogen (secondary N) is 3. The Hall–Kier alpha value is -1.36. The molecule has 23 heavy (non-hydrogen) atoms. The number of hydrogen-bond acceptors (Lipinski definition) is 2. The van der Waals surface area contributed by atoms with Crippen molar-refractivity contribution < 1.29 is 14.5 Å². The van der Waals surface area contributed by atoms with E-state index in [1.54, 1.807) is 0 Å². The molecule has 1 saturated heterocycles. The minimum atomic E-state index is -0.357. The van der Waals surface area contributed by atoms with Crippen LogP contribution in [0.2, 0.25) is 0 Å². The second-order valence-electron chi connectivity index (χ2n) is 7.44. The summed E-state index contributed by atoms with van der Waals surface area (Å²) in [7, 11) is 0. The highest BCUT2D eigenvalue weighted by Gasteiger charge is 2.27. The Morgan fingerprint density at radius 3 is 2.61 bits per heavy atom. The third-order valence-corrected chi connectivity index (χ3v) is 4.86. The van der Waals surface area contributed by atoms with Gasteiger partial charge in [-0.1, -0.05) is 25.5 Å². The van der Waals surface area contributed by atoms with Crippen LogP contribution in [0.5, 0.6) is 0 Å². The first kappa shape index (κ1) is 18.0. The van der Waals surface area contributed by atoms with Gasteiger partial charge in [0.2, 0.25) is 0 Å². The number of carbonyl (C=O) groups excluding carboxylic acids is 2. The summed E-state index contributed by atoms with van der Waals surface area (Å²) >= 11 is 0. The van der Waals surface area contributed by atoms with Gasteiger partial charge in [-0.3, -0.25) is 10.1 Å². The number of urea groups is 1. The number of imide groups is 1. The van der Waals surface area contributed by atoms with Crippen molar-refractivity contribution in [2.45, 2.75) is 52.4 Å². The van der Waals surface area contributed by atoms with Crippen LogP contribution in [0.15, 0.2) is 11.6 Å². The summed E-state index contributed by atoms with van der Waals surface area (Å²) in [5.74, 6) is 1.13. The zero-order chi connectivity index (χ0) is 16.7. The van der Waals surface area contributed by atoms with Gasteiger partial charge >= 0.3 is 6.03 Å². The summed E-state index contributed by atoms with van der Waals surface area (Å²) in [6.45, 7) is 7.52. The molecule has 5 nitrogen and oxygen atoms in total. The Morgan fingerprint density at radius 2 is 1.96 bits per heavy atom. The van der Waals surface area contributed by atoms with Gasteiger partial charge in [0, 0.05) is 18.4 Å². The molecule has 0 aromatic carbocycles. The molecule has 2 aliphatic rings. The number of hydrogen-bond donors (Lipinski definition) is 3. The van der Waals surface area contributed by atoms with Gasteiger partial charge in [0.05, 0.1) is 13.1 Å². The Morgan fingerprint density at radius 1 is 1.22 bits per heavy atom.